The molecule has 5 heteroatoms. The monoisotopic (exact) mass is 266 g/mol. The summed E-state index contributed by atoms with van der Waals surface area (Å²) in [7, 11) is 0. The number of carbonyl (C=O) groups is 1. The van der Waals surface area contributed by atoms with Gasteiger partial charge < -0.3 is 10.1 Å². The molecule has 2 heterocycles. The molecule has 0 aromatic carbocycles. The first-order chi connectivity index (χ1) is 8.65. The van der Waals surface area contributed by atoms with Gasteiger partial charge in [-0.2, -0.15) is 11.8 Å². The van der Waals surface area contributed by atoms with Crippen molar-refractivity contribution in [2.24, 2.45) is 0 Å². The van der Waals surface area contributed by atoms with Crippen molar-refractivity contribution in [1.29, 1.82) is 0 Å². The highest BCUT2D eigenvalue weighted by Gasteiger charge is 2.17. The molecule has 1 unspecified atom stereocenters. The molecule has 1 fully saturated rings. The Hall–Kier alpha value is -1.23. The Morgan fingerprint density at radius 1 is 1.56 bits per heavy atom. The minimum absolute atomic E-state index is 0.0968. The maximum absolute atomic E-state index is 11.7. The first kappa shape index (κ1) is 13.2. The normalized spacial score (nSPS) is 18.9. The Balaban J connectivity index is 1.94. The number of thioether (sulfide) groups is 1. The summed E-state index contributed by atoms with van der Waals surface area (Å²) in [5.41, 5.74) is 0.567. The van der Waals surface area contributed by atoms with Crippen LogP contribution in [0.2, 0.25) is 0 Å². The average molecular weight is 266 g/mol. The van der Waals surface area contributed by atoms with Crippen LogP contribution < -0.4 is 10.1 Å². The molecule has 1 aromatic heterocycles. The van der Waals surface area contributed by atoms with Crippen molar-refractivity contribution in [3.8, 4) is 5.88 Å². The van der Waals surface area contributed by atoms with Crippen molar-refractivity contribution < 1.29 is 9.53 Å². The maximum Gasteiger partial charge on any atom is 0.253 e. The molecule has 1 aromatic rings. The minimum Gasteiger partial charge on any atom is -0.473 e. The van der Waals surface area contributed by atoms with E-state index in [-0.39, 0.29) is 18.1 Å². The molecule has 98 valence electrons. The lowest BCUT2D eigenvalue weighted by Gasteiger charge is -2.12. The van der Waals surface area contributed by atoms with Gasteiger partial charge in [-0.1, -0.05) is 0 Å². The molecule has 0 spiro atoms. The van der Waals surface area contributed by atoms with E-state index < -0.39 is 0 Å². The number of hydrogen-bond donors (Lipinski definition) is 1. The van der Waals surface area contributed by atoms with Gasteiger partial charge in [0.1, 0.15) is 6.10 Å². The molecule has 0 radical (unpaired) electrons. The zero-order valence-electron chi connectivity index (χ0n) is 10.7. The fraction of sp³-hybridized carbons (Fsp3) is 0.538. The molecule has 0 aliphatic carbocycles. The van der Waals surface area contributed by atoms with Crippen LogP contribution in [0.3, 0.4) is 0 Å². The van der Waals surface area contributed by atoms with E-state index in [0.717, 1.165) is 17.9 Å². The summed E-state index contributed by atoms with van der Waals surface area (Å²) < 4.78 is 5.73. The van der Waals surface area contributed by atoms with Gasteiger partial charge in [0.15, 0.2) is 0 Å². The maximum atomic E-state index is 11.7. The van der Waals surface area contributed by atoms with E-state index in [0.29, 0.717) is 11.4 Å². The summed E-state index contributed by atoms with van der Waals surface area (Å²) in [5.74, 6) is 2.68. The largest absolute Gasteiger partial charge is 0.473 e. The van der Waals surface area contributed by atoms with Gasteiger partial charge in [-0.25, -0.2) is 4.98 Å². The van der Waals surface area contributed by atoms with E-state index in [1.54, 1.807) is 18.3 Å². The van der Waals surface area contributed by atoms with Crippen molar-refractivity contribution in [2.75, 3.05) is 11.5 Å². The number of nitrogens with zero attached hydrogens (tertiary/aromatic N) is 1. The summed E-state index contributed by atoms with van der Waals surface area (Å²) in [6, 6.07) is 3.64. The third-order valence-electron chi connectivity index (χ3n) is 2.59. The van der Waals surface area contributed by atoms with E-state index in [1.165, 1.54) is 0 Å². The van der Waals surface area contributed by atoms with Crippen LogP contribution in [0.25, 0.3) is 0 Å². The van der Waals surface area contributed by atoms with Gasteiger partial charge in [0.2, 0.25) is 5.88 Å². The first-order valence-corrected chi connectivity index (χ1v) is 7.32. The lowest BCUT2D eigenvalue weighted by Crippen LogP contribution is -2.30. The topological polar surface area (TPSA) is 51.2 Å². The lowest BCUT2D eigenvalue weighted by molar-refractivity contribution is 0.0942. The molecule has 0 saturated carbocycles. The smallest absolute Gasteiger partial charge is 0.253 e. The molecule has 1 N–H and O–H groups in total. The second-order valence-corrected chi connectivity index (χ2v) is 5.77. The molecule has 18 heavy (non-hydrogen) atoms. The number of nitrogens with one attached hydrogen (secondary N) is 1. The second kappa shape index (κ2) is 6.09. The van der Waals surface area contributed by atoms with Crippen LogP contribution >= 0.6 is 11.8 Å². The van der Waals surface area contributed by atoms with E-state index in [1.807, 2.05) is 25.6 Å². The van der Waals surface area contributed by atoms with Crippen LogP contribution in [0.4, 0.5) is 0 Å². The minimum atomic E-state index is -0.0968. The Morgan fingerprint density at radius 2 is 2.39 bits per heavy atom. The van der Waals surface area contributed by atoms with Crippen molar-refractivity contribution in [2.45, 2.75) is 32.4 Å². The zero-order valence-corrected chi connectivity index (χ0v) is 11.5. The number of rotatable bonds is 4. The van der Waals surface area contributed by atoms with E-state index in [2.05, 4.69) is 10.3 Å². The third kappa shape index (κ3) is 3.63. The van der Waals surface area contributed by atoms with Gasteiger partial charge in [-0.15, -0.1) is 0 Å². The van der Waals surface area contributed by atoms with Crippen LogP contribution in [0.5, 0.6) is 5.88 Å². The molecule has 1 atom stereocenters. The predicted octanol–water partition coefficient (Wildman–Crippen LogP) is 2.10. The third-order valence-corrected chi connectivity index (χ3v) is 3.73. The van der Waals surface area contributed by atoms with Crippen molar-refractivity contribution in [3.05, 3.63) is 23.9 Å². The molecule has 4 nitrogen and oxygen atoms in total. The average Bonchev–Trinajstić information content (AvgIpc) is 2.82. The molecule has 1 saturated heterocycles. The number of ether oxygens (including phenoxy) is 1. The van der Waals surface area contributed by atoms with Crippen LogP contribution in [-0.4, -0.2) is 34.5 Å². The van der Waals surface area contributed by atoms with Gasteiger partial charge >= 0.3 is 0 Å². The van der Waals surface area contributed by atoms with Gasteiger partial charge in [-0.05, 0) is 32.1 Å². The van der Waals surface area contributed by atoms with Gasteiger partial charge in [0.05, 0.1) is 5.56 Å². The van der Waals surface area contributed by atoms with Gasteiger partial charge in [0, 0.05) is 24.1 Å². The standard InChI is InChI=1S/C13H18N2O2S/c1-9(2)15-13(16)10-3-4-12(14-7-10)17-11-5-6-18-8-11/h3-4,7,9,11H,5-6,8H2,1-2H3,(H,15,16). The predicted molar refractivity (Wildman–Crippen MR) is 73.2 cm³/mol. The van der Waals surface area contributed by atoms with Crippen LogP contribution in [0.1, 0.15) is 30.6 Å². The molecular weight excluding hydrogens is 248 g/mol. The van der Waals surface area contributed by atoms with Gasteiger partial charge in [0.25, 0.3) is 5.91 Å². The van der Waals surface area contributed by atoms with Crippen LogP contribution in [0.15, 0.2) is 18.3 Å². The number of amides is 1. The Kier molecular flexibility index (Phi) is 4.47. The summed E-state index contributed by atoms with van der Waals surface area (Å²) in [6.45, 7) is 3.86. The van der Waals surface area contributed by atoms with Crippen LogP contribution in [-0.2, 0) is 0 Å². The molecule has 1 amide bonds. The Bertz CT molecular complexity index is 400. The Labute approximate surface area is 112 Å². The summed E-state index contributed by atoms with van der Waals surface area (Å²) in [6.07, 6.45) is 2.90. The van der Waals surface area contributed by atoms with E-state index in [9.17, 15) is 4.79 Å². The molecular formula is C13H18N2O2S. The first-order valence-electron chi connectivity index (χ1n) is 6.16. The number of carbonyl (C=O) groups excluding carboxylic acids is 1. The van der Waals surface area contributed by atoms with Crippen molar-refractivity contribution in [1.82, 2.24) is 10.3 Å². The Morgan fingerprint density at radius 3 is 2.94 bits per heavy atom. The molecule has 0 bridgehead atoms. The van der Waals surface area contributed by atoms with Crippen molar-refractivity contribution in [3.63, 3.8) is 0 Å². The van der Waals surface area contributed by atoms with Gasteiger partial charge in [-0.3, -0.25) is 4.79 Å². The zero-order chi connectivity index (χ0) is 13.0. The number of aromatic nitrogens is 1. The van der Waals surface area contributed by atoms with Crippen LogP contribution in [0, 0.1) is 0 Å². The SMILES string of the molecule is CC(C)NC(=O)c1ccc(OC2CCSC2)nc1. The molecule has 1 aliphatic heterocycles. The number of hydrogen-bond acceptors (Lipinski definition) is 4. The highest BCUT2D eigenvalue weighted by Crippen LogP contribution is 2.21. The summed E-state index contributed by atoms with van der Waals surface area (Å²) in [5, 5.41) is 2.83. The quantitative estimate of drug-likeness (QED) is 0.907. The fourth-order valence-corrected chi connectivity index (χ4v) is 2.80. The number of pyridine rings is 1. The lowest BCUT2D eigenvalue weighted by atomic mass is 10.2. The van der Waals surface area contributed by atoms with E-state index in [4.69, 9.17) is 4.74 Å². The highest BCUT2D eigenvalue weighted by molar-refractivity contribution is 7.99. The molecule has 1 aliphatic rings. The van der Waals surface area contributed by atoms with E-state index >= 15 is 0 Å². The van der Waals surface area contributed by atoms with Crippen molar-refractivity contribution >= 4 is 17.7 Å². The summed E-state index contributed by atoms with van der Waals surface area (Å²) >= 11 is 1.90. The summed E-state index contributed by atoms with van der Waals surface area (Å²) in [4.78, 5) is 15.9. The second-order valence-electron chi connectivity index (χ2n) is 4.62. The molecule has 2 rings (SSSR count). The highest BCUT2D eigenvalue weighted by atomic mass is 32.2. The fourth-order valence-electron chi connectivity index (χ4n) is 1.71.